The molecule has 2 saturated carbocycles. The standard InChI is InChI=1S/C11H20N2O2/c12-7-11(3-1-2-4-11)10(15)13-8-5-9(14)6-8/h8-9,14H,1-7,12H2,(H,13,15). The summed E-state index contributed by atoms with van der Waals surface area (Å²) < 4.78 is 0. The van der Waals surface area contributed by atoms with Crippen molar-refractivity contribution in [2.45, 2.75) is 50.7 Å². The van der Waals surface area contributed by atoms with E-state index in [9.17, 15) is 4.79 Å². The maximum Gasteiger partial charge on any atom is 0.227 e. The Kier molecular flexibility index (Phi) is 2.98. The van der Waals surface area contributed by atoms with Gasteiger partial charge in [-0.3, -0.25) is 4.79 Å². The van der Waals surface area contributed by atoms with E-state index in [0.717, 1.165) is 25.7 Å². The van der Waals surface area contributed by atoms with Gasteiger partial charge in [-0.25, -0.2) is 0 Å². The number of amides is 1. The summed E-state index contributed by atoms with van der Waals surface area (Å²) in [5.41, 5.74) is 5.42. The highest BCUT2D eigenvalue weighted by molar-refractivity contribution is 5.83. The summed E-state index contributed by atoms with van der Waals surface area (Å²) >= 11 is 0. The maximum absolute atomic E-state index is 12.0. The monoisotopic (exact) mass is 212 g/mol. The van der Waals surface area contributed by atoms with Crippen molar-refractivity contribution in [1.29, 1.82) is 0 Å². The van der Waals surface area contributed by atoms with Gasteiger partial charge in [-0.05, 0) is 25.7 Å². The van der Waals surface area contributed by atoms with Crippen LogP contribution in [0, 0.1) is 5.41 Å². The number of aliphatic hydroxyl groups excluding tert-OH is 1. The number of carbonyl (C=O) groups excluding carboxylic acids is 1. The first kappa shape index (κ1) is 10.9. The lowest BCUT2D eigenvalue weighted by molar-refractivity contribution is -0.132. The van der Waals surface area contributed by atoms with Gasteiger partial charge in [0, 0.05) is 12.6 Å². The molecule has 0 saturated heterocycles. The first-order chi connectivity index (χ1) is 7.16. The second-order valence-electron chi connectivity index (χ2n) is 4.99. The van der Waals surface area contributed by atoms with Crippen LogP contribution in [-0.4, -0.2) is 29.7 Å². The molecule has 0 bridgehead atoms. The van der Waals surface area contributed by atoms with Crippen molar-refractivity contribution < 1.29 is 9.90 Å². The van der Waals surface area contributed by atoms with Crippen molar-refractivity contribution >= 4 is 5.91 Å². The number of nitrogens with one attached hydrogen (secondary N) is 1. The lowest BCUT2D eigenvalue weighted by atomic mass is 9.83. The molecule has 2 aliphatic rings. The Morgan fingerprint density at radius 3 is 2.47 bits per heavy atom. The van der Waals surface area contributed by atoms with E-state index in [1.807, 2.05) is 0 Å². The number of hydrogen-bond donors (Lipinski definition) is 3. The molecular formula is C11H20N2O2. The van der Waals surface area contributed by atoms with Gasteiger partial charge in [-0.2, -0.15) is 0 Å². The molecule has 4 heteroatoms. The van der Waals surface area contributed by atoms with Crippen molar-refractivity contribution in [3.63, 3.8) is 0 Å². The summed E-state index contributed by atoms with van der Waals surface area (Å²) in [6.07, 6.45) is 5.25. The summed E-state index contributed by atoms with van der Waals surface area (Å²) in [4.78, 5) is 12.0. The van der Waals surface area contributed by atoms with E-state index in [1.54, 1.807) is 0 Å². The molecular weight excluding hydrogens is 192 g/mol. The minimum absolute atomic E-state index is 0.111. The highest BCUT2D eigenvalue weighted by Gasteiger charge is 2.41. The predicted octanol–water partition coefficient (Wildman–Crippen LogP) is 0.145. The molecule has 0 spiro atoms. The molecule has 0 aliphatic heterocycles. The van der Waals surface area contributed by atoms with Crippen molar-refractivity contribution in [3.8, 4) is 0 Å². The smallest absolute Gasteiger partial charge is 0.227 e. The summed E-state index contributed by atoms with van der Waals surface area (Å²) in [5, 5.41) is 12.1. The van der Waals surface area contributed by atoms with E-state index < -0.39 is 0 Å². The SMILES string of the molecule is NCC1(C(=O)NC2CC(O)C2)CCCC1. The van der Waals surface area contributed by atoms with Crippen molar-refractivity contribution in [1.82, 2.24) is 5.32 Å². The van der Waals surface area contributed by atoms with E-state index >= 15 is 0 Å². The zero-order chi connectivity index (χ0) is 10.9. The minimum Gasteiger partial charge on any atom is -0.393 e. The average Bonchev–Trinajstić information content (AvgIpc) is 2.64. The van der Waals surface area contributed by atoms with Gasteiger partial charge < -0.3 is 16.2 Å². The van der Waals surface area contributed by atoms with Gasteiger partial charge in [-0.15, -0.1) is 0 Å². The highest BCUT2D eigenvalue weighted by atomic mass is 16.3. The van der Waals surface area contributed by atoms with Crippen LogP contribution >= 0.6 is 0 Å². The van der Waals surface area contributed by atoms with Crippen molar-refractivity contribution in [2.24, 2.45) is 11.1 Å². The van der Waals surface area contributed by atoms with Gasteiger partial charge in [0.25, 0.3) is 0 Å². The fourth-order valence-electron chi connectivity index (χ4n) is 2.62. The van der Waals surface area contributed by atoms with E-state index in [4.69, 9.17) is 10.8 Å². The van der Waals surface area contributed by atoms with Crippen LogP contribution < -0.4 is 11.1 Å². The molecule has 86 valence electrons. The summed E-state index contributed by atoms with van der Waals surface area (Å²) in [5.74, 6) is 0.111. The van der Waals surface area contributed by atoms with Crippen LogP contribution in [0.25, 0.3) is 0 Å². The van der Waals surface area contributed by atoms with Crippen LogP contribution in [-0.2, 0) is 4.79 Å². The van der Waals surface area contributed by atoms with Gasteiger partial charge in [-0.1, -0.05) is 12.8 Å². The van der Waals surface area contributed by atoms with Crippen LogP contribution in [0.4, 0.5) is 0 Å². The Labute approximate surface area is 90.2 Å². The Hall–Kier alpha value is -0.610. The third-order valence-corrected chi connectivity index (χ3v) is 3.88. The Morgan fingerprint density at radius 1 is 1.40 bits per heavy atom. The third kappa shape index (κ3) is 2.01. The number of hydrogen-bond acceptors (Lipinski definition) is 3. The average molecular weight is 212 g/mol. The molecule has 2 rings (SSSR count). The zero-order valence-corrected chi connectivity index (χ0v) is 9.04. The molecule has 2 aliphatic carbocycles. The largest absolute Gasteiger partial charge is 0.393 e. The Morgan fingerprint density at radius 2 is 2.00 bits per heavy atom. The van der Waals surface area contributed by atoms with E-state index in [1.165, 1.54) is 0 Å². The molecule has 2 fully saturated rings. The molecule has 0 atom stereocenters. The first-order valence-corrected chi connectivity index (χ1v) is 5.85. The lowest BCUT2D eigenvalue weighted by Gasteiger charge is -2.35. The van der Waals surface area contributed by atoms with Gasteiger partial charge >= 0.3 is 0 Å². The van der Waals surface area contributed by atoms with Crippen LogP contribution in [0.15, 0.2) is 0 Å². The van der Waals surface area contributed by atoms with E-state index in [2.05, 4.69) is 5.32 Å². The second-order valence-corrected chi connectivity index (χ2v) is 4.99. The van der Waals surface area contributed by atoms with Crippen LogP contribution in [0.1, 0.15) is 38.5 Å². The van der Waals surface area contributed by atoms with Crippen LogP contribution in [0.5, 0.6) is 0 Å². The maximum atomic E-state index is 12.0. The number of aliphatic hydroxyl groups is 1. The second kappa shape index (κ2) is 4.10. The molecule has 15 heavy (non-hydrogen) atoms. The van der Waals surface area contributed by atoms with Crippen molar-refractivity contribution in [3.05, 3.63) is 0 Å². The molecule has 4 N–H and O–H groups in total. The summed E-state index contributed by atoms with van der Waals surface area (Å²) in [6.45, 7) is 0.452. The van der Waals surface area contributed by atoms with Gasteiger partial charge in [0.05, 0.1) is 11.5 Å². The molecule has 0 radical (unpaired) electrons. The normalized spacial score (nSPS) is 33.5. The van der Waals surface area contributed by atoms with Crippen molar-refractivity contribution in [2.75, 3.05) is 6.54 Å². The molecule has 0 unspecified atom stereocenters. The van der Waals surface area contributed by atoms with E-state index in [0.29, 0.717) is 19.4 Å². The Balaban J connectivity index is 1.88. The molecule has 0 aromatic rings. The quantitative estimate of drug-likeness (QED) is 0.623. The fourth-order valence-corrected chi connectivity index (χ4v) is 2.62. The summed E-state index contributed by atoms with van der Waals surface area (Å²) in [6, 6.07) is 0.177. The third-order valence-electron chi connectivity index (χ3n) is 3.88. The van der Waals surface area contributed by atoms with Gasteiger partial charge in [0.2, 0.25) is 5.91 Å². The molecule has 0 heterocycles. The van der Waals surface area contributed by atoms with Crippen LogP contribution in [0.2, 0.25) is 0 Å². The first-order valence-electron chi connectivity index (χ1n) is 5.85. The lowest BCUT2D eigenvalue weighted by Crippen LogP contribution is -2.53. The zero-order valence-electron chi connectivity index (χ0n) is 9.04. The molecule has 4 nitrogen and oxygen atoms in total. The van der Waals surface area contributed by atoms with Gasteiger partial charge in [0.1, 0.15) is 0 Å². The fraction of sp³-hybridized carbons (Fsp3) is 0.909. The molecule has 1 amide bonds. The van der Waals surface area contributed by atoms with E-state index in [-0.39, 0.29) is 23.5 Å². The van der Waals surface area contributed by atoms with Crippen LogP contribution in [0.3, 0.4) is 0 Å². The Bertz CT molecular complexity index is 243. The summed E-state index contributed by atoms with van der Waals surface area (Å²) in [7, 11) is 0. The minimum atomic E-state index is -0.305. The molecule has 0 aromatic carbocycles. The topological polar surface area (TPSA) is 75.4 Å². The number of carbonyl (C=O) groups is 1. The molecule has 0 aromatic heterocycles. The number of rotatable bonds is 3. The highest BCUT2D eigenvalue weighted by Crippen LogP contribution is 2.37. The van der Waals surface area contributed by atoms with Gasteiger partial charge in [0.15, 0.2) is 0 Å². The predicted molar refractivity (Wildman–Crippen MR) is 57.1 cm³/mol. The number of nitrogens with two attached hydrogens (primary N) is 1.